The number of hydrogen-bond donors (Lipinski definition) is 1. The predicted molar refractivity (Wildman–Crippen MR) is 102 cm³/mol. The van der Waals surface area contributed by atoms with Crippen LogP contribution < -0.4 is 10.1 Å². The Kier molecular flexibility index (Phi) is 5.94. The van der Waals surface area contributed by atoms with Crippen LogP contribution in [0.2, 0.25) is 0 Å². The zero-order valence-corrected chi connectivity index (χ0v) is 15.8. The van der Waals surface area contributed by atoms with Crippen LogP contribution in [0.3, 0.4) is 0 Å². The molecule has 1 N–H and O–H groups in total. The number of anilines is 1. The van der Waals surface area contributed by atoms with E-state index in [1.807, 2.05) is 30.3 Å². The lowest BCUT2D eigenvalue weighted by atomic mass is 9.87. The van der Waals surface area contributed by atoms with E-state index in [9.17, 15) is 4.79 Å². The monoisotopic (exact) mass is 343 g/mol. The van der Waals surface area contributed by atoms with Gasteiger partial charge < -0.3 is 10.1 Å². The third-order valence-electron chi connectivity index (χ3n) is 3.73. The fourth-order valence-electron chi connectivity index (χ4n) is 2.24. The van der Waals surface area contributed by atoms with Crippen LogP contribution in [0.4, 0.5) is 5.69 Å². The highest BCUT2D eigenvalue weighted by Crippen LogP contribution is 2.31. The Morgan fingerprint density at radius 3 is 2.38 bits per heavy atom. The topological polar surface area (TPSA) is 38.3 Å². The fraction of sp³-hybridized carbons (Fsp3) is 0.350. The molecule has 2 rings (SSSR count). The standard InChI is InChI=1S/C20H25NO2S/c1-14-6-9-16(10-7-14)24-13-19(22)21-17-12-15(20(2,3)4)8-11-18(17)23-5/h6-12H,13H2,1-5H3,(H,21,22). The van der Waals surface area contributed by atoms with Gasteiger partial charge in [0.15, 0.2) is 0 Å². The van der Waals surface area contributed by atoms with E-state index in [1.54, 1.807) is 7.11 Å². The van der Waals surface area contributed by atoms with E-state index >= 15 is 0 Å². The maximum Gasteiger partial charge on any atom is 0.234 e. The molecule has 0 aliphatic carbocycles. The summed E-state index contributed by atoms with van der Waals surface area (Å²) in [5, 5.41) is 2.97. The average molecular weight is 343 g/mol. The molecule has 0 bridgehead atoms. The van der Waals surface area contributed by atoms with Gasteiger partial charge in [-0.1, -0.05) is 44.5 Å². The van der Waals surface area contributed by atoms with Crippen molar-refractivity contribution >= 4 is 23.4 Å². The summed E-state index contributed by atoms with van der Waals surface area (Å²) in [7, 11) is 1.61. The van der Waals surface area contributed by atoms with Crippen molar-refractivity contribution < 1.29 is 9.53 Å². The quantitative estimate of drug-likeness (QED) is 0.774. The van der Waals surface area contributed by atoms with Crippen LogP contribution in [0.25, 0.3) is 0 Å². The number of benzene rings is 2. The number of hydrogen-bond acceptors (Lipinski definition) is 3. The van der Waals surface area contributed by atoms with Gasteiger partial charge in [-0.25, -0.2) is 0 Å². The molecule has 0 fully saturated rings. The Balaban J connectivity index is 2.05. The highest BCUT2D eigenvalue weighted by molar-refractivity contribution is 8.00. The molecule has 3 nitrogen and oxygen atoms in total. The first-order valence-corrected chi connectivity index (χ1v) is 8.96. The molecule has 4 heteroatoms. The zero-order chi connectivity index (χ0) is 17.7. The molecule has 0 saturated heterocycles. The molecular formula is C20H25NO2S. The molecule has 0 radical (unpaired) electrons. The number of aryl methyl sites for hydroxylation is 1. The Bertz CT molecular complexity index is 703. The van der Waals surface area contributed by atoms with Gasteiger partial charge in [0.25, 0.3) is 0 Å². The molecule has 0 atom stereocenters. The summed E-state index contributed by atoms with van der Waals surface area (Å²) in [5.74, 6) is 1.01. The minimum absolute atomic E-state index is 0.0163. The van der Waals surface area contributed by atoms with Gasteiger partial charge in [0.1, 0.15) is 5.75 Å². The first kappa shape index (κ1) is 18.4. The normalized spacial score (nSPS) is 11.2. The zero-order valence-electron chi connectivity index (χ0n) is 15.0. The summed E-state index contributed by atoms with van der Waals surface area (Å²) in [6.07, 6.45) is 0. The van der Waals surface area contributed by atoms with Gasteiger partial charge in [-0.05, 0) is 42.2 Å². The summed E-state index contributed by atoms with van der Waals surface area (Å²) < 4.78 is 5.37. The number of amides is 1. The second-order valence-electron chi connectivity index (χ2n) is 6.81. The molecule has 0 unspecified atom stereocenters. The summed E-state index contributed by atoms with van der Waals surface area (Å²) in [5.41, 5.74) is 3.11. The van der Waals surface area contributed by atoms with Gasteiger partial charge in [-0.3, -0.25) is 4.79 Å². The number of thioether (sulfide) groups is 1. The minimum Gasteiger partial charge on any atom is -0.495 e. The highest BCUT2D eigenvalue weighted by atomic mass is 32.2. The second kappa shape index (κ2) is 7.75. The van der Waals surface area contributed by atoms with E-state index < -0.39 is 0 Å². The van der Waals surface area contributed by atoms with Crippen LogP contribution in [0, 0.1) is 6.92 Å². The van der Waals surface area contributed by atoms with E-state index in [0.717, 1.165) is 16.1 Å². The van der Waals surface area contributed by atoms with Gasteiger partial charge in [0.2, 0.25) is 5.91 Å². The average Bonchev–Trinajstić information content (AvgIpc) is 2.53. The van der Waals surface area contributed by atoms with E-state index in [2.05, 4.69) is 45.1 Å². The van der Waals surface area contributed by atoms with E-state index in [0.29, 0.717) is 11.5 Å². The smallest absolute Gasteiger partial charge is 0.234 e. The summed E-state index contributed by atoms with van der Waals surface area (Å²) in [6.45, 7) is 8.49. The van der Waals surface area contributed by atoms with E-state index in [4.69, 9.17) is 4.74 Å². The Morgan fingerprint density at radius 1 is 1.12 bits per heavy atom. The Hall–Kier alpha value is -1.94. The lowest BCUT2D eigenvalue weighted by Gasteiger charge is -2.21. The molecule has 2 aromatic rings. The first-order valence-electron chi connectivity index (χ1n) is 7.97. The maximum absolute atomic E-state index is 12.3. The lowest BCUT2D eigenvalue weighted by molar-refractivity contribution is -0.113. The van der Waals surface area contributed by atoms with Crippen LogP contribution >= 0.6 is 11.8 Å². The minimum atomic E-state index is -0.0371. The molecule has 2 aromatic carbocycles. The van der Waals surface area contributed by atoms with Gasteiger partial charge in [-0.2, -0.15) is 0 Å². The summed E-state index contributed by atoms with van der Waals surface area (Å²) >= 11 is 1.53. The molecule has 0 heterocycles. The number of nitrogens with one attached hydrogen (secondary N) is 1. The largest absolute Gasteiger partial charge is 0.495 e. The van der Waals surface area contributed by atoms with Crippen LogP contribution in [0.15, 0.2) is 47.4 Å². The molecule has 128 valence electrons. The van der Waals surface area contributed by atoms with Crippen LogP contribution in [-0.4, -0.2) is 18.8 Å². The van der Waals surface area contributed by atoms with Crippen molar-refractivity contribution in [3.8, 4) is 5.75 Å². The number of ether oxygens (including phenoxy) is 1. The highest BCUT2D eigenvalue weighted by Gasteiger charge is 2.17. The molecule has 0 aromatic heterocycles. The SMILES string of the molecule is COc1ccc(C(C)(C)C)cc1NC(=O)CSc1ccc(C)cc1. The fourth-order valence-corrected chi connectivity index (χ4v) is 2.94. The Labute approximate surface area is 148 Å². The number of carbonyl (C=O) groups is 1. The third-order valence-corrected chi connectivity index (χ3v) is 4.74. The molecule has 0 spiro atoms. The maximum atomic E-state index is 12.3. The lowest BCUT2D eigenvalue weighted by Crippen LogP contribution is -2.16. The van der Waals surface area contributed by atoms with Gasteiger partial charge in [-0.15, -0.1) is 11.8 Å². The number of methoxy groups -OCH3 is 1. The van der Waals surface area contributed by atoms with Crippen molar-refractivity contribution in [2.75, 3.05) is 18.2 Å². The van der Waals surface area contributed by atoms with Crippen LogP contribution in [-0.2, 0) is 10.2 Å². The van der Waals surface area contributed by atoms with E-state index in [1.165, 1.54) is 17.3 Å². The van der Waals surface area contributed by atoms with Crippen LogP contribution in [0.1, 0.15) is 31.9 Å². The summed E-state index contributed by atoms with van der Waals surface area (Å²) in [4.78, 5) is 13.4. The first-order chi connectivity index (χ1) is 11.3. The van der Waals surface area contributed by atoms with Gasteiger partial charge in [0, 0.05) is 4.90 Å². The second-order valence-corrected chi connectivity index (χ2v) is 7.86. The van der Waals surface area contributed by atoms with Crippen molar-refractivity contribution in [2.45, 2.75) is 38.0 Å². The number of carbonyl (C=O) groups excluding carboxylic acids is 1. The van der Waals surface area contributed by atoms with Crippen molar-refractivity contribution in [3.63, 3.8) is 0 Å². The molecule has 0 aliphatic heterocycles. The van der Waals surface area contributed by atoms with Crippen LogP contribution in [0.5, 0.6) is 5.75 Å². The molecule has 0 saturated carbocycles. The molecular weight excluding hydrogens is 318 g/mol. The van der Waals surface area contributed by atoms with Gasteiger partial charge >= 0.3 is 0 Å². The predicted octanol–water partition coefficient (Wildman–Crippen LogP) is 5.03. The van der Waals surface area contributed by atoms with Crippen molar-refractivity contribution in [1.29, 1.82) is 0 Å². The molecule has 1 amide bonds. The van der Waals surface area contributed by atoms with E-state index in [-0.39, 0.29) is 11.3 Å². The number of rotatable bonds is 5. The van der Waals surface area contributed by atoms with Crippen molar-refractivity contribution in [3.05, 3.63) is 53.6 Å². The third kappa shape index (κ3) is 5.03. The van der Waals surface area contributed by atoms with Crippen molar-refractivity contribution in [1.82, 2.24) is 0 Å². The Morgan fingerprint density at radius 2 is 1.79 bits per heavy atom. The van der Waals surface area contributed by atoms with Gasteiger partial charge in [0.05, 0.1) is 18.6 Å². The summed E-state index contributed by atoms with van der Waals surface area (Å²) in [6, 6.07) is 14.1. The molecule has 0 aliphatic rings. The van der Waals surface area contributed by atoms with Crippen molar-refractivity contribution in [2.24, 2.45) is 0 Å². The molecule has 24 heavy (non-hydrogen) atoms.